The van der Waals surface area contributed by atoms with Gasteiger partial charge in [0.25, 0.3) is 5.91 Å². The summed E-state index contributed by atoms with van der Waals surface area (Å²) in [7, 11) is 0. The van der Waals surface area contributed by atoms with Crippen molar-refractivity contribution in [1.29, 1.82) is 0 Å². The summed E-state index contributed by atoms with van der Waals surface area (Å²) in [5, 5.41) is 0.374. The molecule has 30 heavy (non-hydrogen) atoms. The Morgan fingerprint density at radius 2 is 1.77 bits per heavy atom. The highest BCUT2D eigenvalue weighted by molar-refractivity contribution is 7.99. The van der Waals surface area contributed by atoms with E-state index in [4.69, 9.17) is 0 Å². The van der Waals surface area contributed by atoms with Gasteiger partial charge < -0.3 is 4.90 Å². The number of halogens is 2. The number of hydrogen-bond acceptors (Lipinski definition) is 5. The molecule has 1 aromatic heterocycles. The van der Waals surface area contributed by atoms with Crippen molar-refractivity contribution in [3.63, 3.8) is 0 Å². The van der Waals surface area contributed by atoms with Crippen molar-refractivity contribution in [2.75, 3.05) is 36.8 Å². The number of benzene rings is 2. The number of carbonyl (C=O) groups excluding carboxylic acids is 1. The van der Waals surface area contributed by atoms with Crippen LogP contribution in [0.3, 0.4) is 0 Å². The number of likely N-dealkylation sites (N-methyl/N-ethyl adjacent to an activating group) is 1. The van der Waals surface area contributed by atoms with Crippen molar-refractivity contribution in [1.82, 2.24) is 9.88 Å². The summed E-state index contributed by atoms with van der Waals surface area (Å²) in [6.45, 7) is 9.01. The smallest absolute Gasteiger partial charge is 0.260 e. The summed E-state index contributed by atoms with van der Waals surface area (Å²) in [4.78, 5) is 22.5. The van der Waals surface area contributed by atoms with Gasteiger partial charge in [0, 0.05) is 29.6 Å². The van der Waals surface area contributed by atoms with Crippen LogP contribution in [-0.4, -0.2) is 47.7 Å². The van der Waals surface area contributed by atoms with Gasteiger partial charge in [-0.15, -0.1) is 11.8 Å². The minimum atomic E-state index is -0.718. The predicted molar refractivity (Wildman–Crippen MR) is 122 cm³/mol. The third-order valence-corrected chi connectivity index (χ3v) is 6.74. The molecule has 0 aliphatic carbocycles. The van der Waals surface area contributed by atoms with Gasteiger partial charge in [-0.05, 0) is 49.2 Å². The van der Waals surface area contributed by atoms with E-state index >= 15 is 0 Å². The Labute approximate surface area is 183 Å². The second-order valence-electron chi connectivity index (χ2n) is 6.67. The van der Waals surface area contributed by atoms with E-state index < -0.39 is 11.6 Å². The second-order valence-corrected chi connectivity index (χ2v) is 9.02. The number of thiazole rings is 1. The van der Waals surface area contributed by atoms with Gasteiger partial charge in [-0.25, -0.2) is 13.8 Å². The van der Waals surface area contributed by atoms with E-state index in [0.717, 1.165) is 41.1 Å². The molecule has 160 valence electrons. The molecule has 0 spiro atoms. The van der Waals surface area contributed by atoms with Crippen LogP contribution in [0.2, 0.25) is 0 Å². The lowest BCUT2D eigenvalue weighted by Crippen LogP contribution is -2.38. The maximum Gasteiger partial charge on any atom is 0.260 e. The summed E-state index contributed by atoms with van der Waals surface area (Å²) < 4.78 is 28.2. The molecule has 0 unspecified atom stereocenters. The number of anilines is 1. The lowest BCUT2D eigenvalue weighted by atomic mass is 10.2. The number of fused-ring (bicyclic) bond motifs is 1. The number of amides is 1. The molecule has 3 aromatic rings. The molecule has 0 aliphatic heterocycles. The fraction of sp³-hybridized carbons (Fsp3) is 0.364. The van der Waals surface area contributed by atoms with Crippen LogP contribution >= 0.6 is 23.1 Å². The summed E-state index contributed by atoms with van der Waals surface area (Å²) >= 11 is 2.83. The summed E-state index contributed by atoms with van der Waals surface area (Å²) in [6, 6.07) is 9.53. The first-order valence-electron chi connectivity index (χ1n) is 9.99. The summed E-state index contributed by atoms with van der Waals surface area (Å²) in [5.41, 5.74) is 0.632. The Balaban J connectivity index is 1.95. The van der Waals surface area contributed by atoms with Gasteiger partial charge in [0.1, 0.15) is 11.3 Å². The second kappa shape index (κ2) is 10.3. The van der Waals surface area contributed by atoms with E-state index in [1.165, 1.54) is 6.07 Å². The monoisotopic (exact) mass is 449 g/mol. The highest BCUT2D eigenvalue weighted by Crippen LogP contribution is 2.32. The van der Waals surface area contributed by atoms with Crippen LogP contribution in [-0.2, 0) is 0 Å². The first-order chi connectivity index (χ1) is 14.5. The molecule has 2 aromatic carbocycles. The van der Waals surface area contributed by atoms with Gasteiger partial charge in [-0.1, -0.05) is 32.1 Å². The molecule has 3 rings (SSSR count). The van der Waals surface area contributed by atoms with Crippen molar-refractivity contribution in [2.45, 2.75) is 25.7 Å². The SMILES string of the molecule is CCSc1ccc(C(=O)N(CCN(CC)CC)c2nc3c(F)cc(F)cc3s2)cc1. The maximum absolute atomic E-state index is 14.2. The van der Waals surface area contributed by atoms with Crippen molar-refractivity contribution < 1.29 is 13.6 Å². The summed E-state index contributed by atoms with van der Waals surface area (Å²) in [6.07, 6.45) is 0. The van der Waals surface area contributed by atoms with Crippen LogP contribution in [0.4, 0.5) is 13.9 Å². The standard InChI is InChI=1S/C22H25F2N3OS2/c1-4-26(5-2)11-12-27(21(28)15-7-9-17(10-8-15)29-6-3)22-25-20-18(24)13-16(23)14-19(20)30-22/h7-10,13-14H,4-6,11-12H2,1-3H3. The minimum absolute atomic E-state index is 0.0896. The molecule has 8 heteroatoms. The molecule has 0 saturated heterocycles. The lowest BCUT2D eigenvalue weighted by molar-refractivity contribution is 0.0983. The highest BCUT2D eigenvalue weighted by atomic mass is 32.2. The van der Waals surface area contributed by atoms with Crippen molar-refractivity contribution >= 4 is 44.4 Å². The van der Waals surface area contributed by atoms with E-state index in [9.17, 15) is 13.6 Å². The molecule has 0 saturated carbocycles. The largest absolute Gasteiger partial charge is 0.302 e. The van der Waals surface area contributed by atoms with E-state index in [2.05, 4.69) is 30.7 Å². The number of rotatable bonds is 9. The normalized spacial score (nSPS) is 11.4. The van der Waals surface area contributed by atoms with Crippen LogP contribution in [0, 0.1) is 11.6 Å². The Hall–Kier alpha value is -2.03. The molecule has 1 amide bonds. The molecule has 0 radical (unpaired) electrons. The van der Waals surface area contributed by atoms with E-state index in [1.54, 1.807) is 28.8 Å². The molecule has 4 nitrogen and oxygen atoms in total. The zero-order valence-corrected chi connectivity index (χ0v) is 19.0. The van der Waals surface area contributed by atoms with Crippen molar-refractivity contribution in [3.05, 3.63) is 53.6 Å². The van der Waals surface area contributed by atoms with Gasteiger partial charge >= 0.3 is 0 Å². The Bertz CT molecular complexity index is 1000. The van der Waals surface area contributed by atoms with Crippen LogP contribution in [0.15, 0.2) is 41.3 Å². The number of nitrogens with zero attached hydrogens (tertiary/aromatic N) is 3. The fourth-order valence-corrected chi connectivity index (χ4v) is 4.83. The average Bonchev–Trinajstić information content (AvgIpc) is 3.16. The highest BCUT2D eigenvalue weighted by Gasteiger charge is 2.23. The van der Waals surface area contributed by atoms with E-state index in [1.807, 2.05) is 12.1 Å². The molecule has 0 fully saturated rings. The van der Waals surface area contributed by atoms with E-state index in [-0.39, 0.29) is 11.4 Å². The van der Waals surface area contributed by atoms with Crippen LogP contribution in [0.1, 0.15) is 31.1 Å². The van der Waals surface area contributed by atoms with Crippen molar-refractivity contribution in [3.8, 4) is 0 Å². The van der Waals surface area contributed by atoms with Gasteiger partial charge in [0.05, 0.1) is 4.70 Å². The van der Waals surface area contributed by atoms with Gasteiger partial charge in [-0.3, -0.25) is 9.69 Å². The Morgan fingerprint density at radius 3 is 2.40 bits per heavy atom. The zero-order chi connectivity index (χ0) is 21.7. The molecule has 0 aliphatic rings. The predicted octanol–water partition coefficient (Wildman–Crippen LogP) is 5.68. The van der Waals surface area contributed by atoms with Crippen LogP contribution in [0.25, 0.3) is 10.2 Å². The molecule has 0 N–H and O–H groups in total. The Morgan fingerprint density at radius 1 is 1.07 bits per heavy atom. The average molecular weight is 450 g/mol. The van der Waals surface area contributed by atoms with Crippen molar-refractivity contribution in [2.24, 2.45) is 0 Å². The molecule has 1 heterocycles. The molecule has 0 atom stereocenters. The van der Waals surface area contributed by atoms with Gasteiger partial charge in [-0.2, -0.15) is 0 Å². The molecular formula is C22H25F2N3OS2. The molecular weight excluding hydrogens is 424 g/mol. The number of thioether (sulfide) groups is 1. The van der Waals surface area contributed by atoms with Crippen LogP contribution in [0.5, 0.6) is 0 Å². The topological polar surface area (TPSA) is 36.4 Å². The zero-order valence-electron chi connectivity index (χ0n) is 17.3. The Kier molecular flexibility index (Phi) is 7.80. The lowest BCUT2D eigenvalue weighted by Gasteiger charge is -2.24. The summed E-state index contributed by atoms with van der Waals surface area (Å²) in [5.74, 6) is -0.614. The first-order valence-corrected chi connectivity index (χ1v) is 11.8. The first kappa shape index (κ1) is 22.7. The van der Waals surface area contributed by atoms with E-state index in [0.29, 0.717) is 28.5 Å². The van der Waals surface area contributed by atoms with Crippen LogP contribution < -0.4 is 4.90 Å². The third-order valence-electron chi connectivity index (χ3n) is 4.82. The van der Waals surface area contributed by atoms with Gasteiger partial charge in [0.2, 0.25) is 0 Å². The quantitative estimate of drug-likeness (QED) is 0.394. The minimum Gasteiger partial charge on any atom is -0.302 e. The maximum atomic E-state index is 14.2. The number of aromatic nitrogens is 1. The fourth-order valence-electron chi connectivity index (χ4n) is 3.14. The molecule has 0 bridgehead atoms. The van der Waals surface area contributed by atoms with Gasteiger partial charge in [0.15, 0.2) is 10.9 Å². The number of carbonyl (C=O) groups is 1. The number of hydrogen-bond donors (Lipinski definition) is 0. The third kappa shape index (κ3) is 5.17.